The molecule has 1 atom stereocenters. The number of isocyanates is 2. The fraction of sp³-hybridized carbons (Fsp3) is 0.294. The van der Waals surface area contributed by atoms with Crippen LogP contribution in [0.1, 0.15) is 5.56 Å². The topological polar surface area (TPSA) is 77.3 Å². The second-order valence-corrected chi connectivity index (χ2v) is 4.95. The molecule has 0 aromatic heterocycles. The van der Waals surface area contributed by atoms with E-state index in [1.165, 1.54) is 19.3 Å². The van der Waals surface area contributed by atoms with Gasteiger partial charge in [0.15, 0.2) is 0 Å². The molecule has 6 heteroatoms. The zero-order valence-electron chi connectivity index (χ0n) is 12.9. The van der Waals surface area contributed by atoms with Gasteiger partial charge in [-0.05, 0) is 35.8 Å². The first kappa shape index (κ1) is 16.6. The van der Waals surface area contributed by atoms with Gasteiger partial charge in [0.2, 0.25) is 17.8 Å². The monoisotopic (exact) mass is 312 g/mol. The van der Waals surface area contributed by atoms with E-state index in [0.717, 1.165) is 16.9 Å². The van der Waals surface area contributed by atoms with Crippen molar-refractivity contribution in [3.63, 3.8) is 0 Å². The average molecular weight is 312 g/mol. The van der Waals surface area contributed by atoms with Crippen LogP contribution >= 0.6 is 0 Å². The lowest BCUT2D eigenvalue weighted by Crippen LogP contribution is -2.39. The molecule has 6 nitrogen and oxygen atoms in total. The molecule has 1 unspecified atom stereocenters. The van der Waals surface area contributed by atoms with Gasteiger partial charge in [-0.2, -0.15) is 9.98 Å². The maximum Gasteiger partial charge on any atom is 0.237 e. The summed E-state index contributed by atoms with van der Waals surface area (Å²) < 4.78 is 10.4. The molecular weight excluding hydrogens is 296 g/mol. The molecule has 0 amide bonds. The molecule has 1 aromatic rings. The van der Waals surface area contributed by atoms with Gasteiger partial charge in [0, 0.05) is 7.11 Å². The lowest BCUT2D eigenvalue weighted by molar-refractivity contribution is 0.0934. The zero-order chi connectivity index (χ0) is 16.7. The van der Waals surface area contributed by atoms with Crippen molar-refractivity contribution in [3.8, 4) is 5.75 Å². The van der Waals surface area contributed by atoms with Crippen LogP contribution in [0.15, 0.2) is 58.1 Å². The smallest absolute Gasteiger partial charge is 0.237 e. The molecule has 1 aliphatic carbocycles. The third-order valence-corrected chi connectivity index (χ3v) is 3.57. The molecule has 0 heterocycles. The standard InChI is InChI=1S/C17H16N2O4/c1-22-15-6-3-13(4-7-15)9-14-5-8-16(23-2)17(10-14,18-11-20)19-12-21/h3-8,10,16H,9H2,1-2H3. The van der Waals surface area contributed by atoms with Crippen LogP contribution in [-0.2, 0) is 20.7 Å². The van der Waals surface area contributed by atoms with Crippen LogP contribution in [0.3, 0.4) is 0 Å². The van der Waals surface area contributed by atoms with Gasteiger partial charge in [-0.1, -0.05) is 24.3 Å². The van der Waals surface area contributed by atoms with Gasteiger partial charge in [-0.3, -0.25) is 0 Å². The summed E-state index contributed by atoms with van der Waals surface area (Å²) in [4.78, 5) is 28.8. The largest absolute Gasteiger partial charge is 0.497 e. The number of aliphatic imine (C=N–C) groups is 2. The van der Waals surface area contributed by atoms with Gasteiger partial charge >= 0.3 is 0 Å². The summed E-state index contributed by atoms with van der Waals surface area (Å²) in [7, 11) is 3.06. The summed E-state index contributed by atoms with van der Waals surface area (Å²) in [6.07, 6.45) is 8.02. The predicted molar refractivity (Wildman–Crippen MR) is 83.7 cm³/mol. The van der Waals surface area contributed by atoms with Crippen LogP contribution in [0, 0.1) is 0 Å². The minimum atomic E-state index is -1.45. The Bertz CT molecular complexity index is 691. The molecule has 0 N–H and O–H groups in total. The molecule has 0 aliphatic heterocycles. The predicted octanol–water partition coefficient (Wildman–Crippen LogP) is 2.12. The van der Waals surface area contributed by atoms with Crippen molar-refractivity contribution in [3.05, 3.63) is 53.6 Å². The Labute approximate surface area is 133 Å². The minimum absolute atomic E-state index is 0.585. The van der Waals surface area contributed by atoms with E-state index < -0.39 is 11.8 Å². The third-order valence-electron chi connectivity index (χ3n) is 3.57. The highest BCUT2D eigenvalue weighted by atomic mass is 16.5. The number of rotatable bonds is 6. The Morgan fingerprint density at radius 3 is 2.30 bits per heavy atom. The van der Waals surface area contributed by atoms with Gasteiger partial charge in [0.05, 0.1) is 7.11 Å². The fourth-order valence-corrected chi connectivity index (χ4v) is 2.46. The van der Waals surface area contributed by atoms with Crippen LogP contribution in [0.25, 0.3) is 0 Å². The molecule has 0 bridgehead atoms. The molecular formula is C17H16N2O4. The van der Waals surface area contributed by atoms with Crippen molar-refractivity contribution >= 4 is 12.2 Å². The van der Waals surface area contributed by atoms with Crippen molar-refractivity contribution in [1.29, 1.82) is 0 Å². The van der Waals surface area contributed by atoms with E-state index in [9.17, 15) is 9.59 Å². The number of allylic oxidation sites excluding steroid dienone is 2. The van der Waals surface area contributed by atoms with Crippen molar-refractivity contribution in [2.24, 2.45) is 9.98 Å². The first-order valence-corrected chi connectivity index (χ1v) is 6.91. The number of methoxy groups -OCH3 is 2. The Morgan fingerprint density at radius 2 is 1.78 bits per heavy atom. The van der Waals surface area contributed by atoms with Crippen LogP contribution in [-0.4, -0.2) is 38.1 Å². The van der Waals surface area contributed by atoms with E-state index in [0.29, 0.717) is 6.42 Å². The van der Waals surface area contributed by atoms with Crippen molar-refractivity contribution in [2.75, 3.05) is 14.2 Å². The summed E-state index contributed by atoms with van der Waals surface area (Å²) in [5.41, 5.74) is 0.438. The highest BCUT2D eigenvalue weighted by molar-refractivity contribution is 5.47. The van der Waals surface area contributed by atoms with Gasteiger partial charge in [0.25, 0.3) is 0 Å². The number of ether oxygens (including phenoxy) is 2. The Hall–Kier alpha value is -2.78. The van der Waals surface area contributed by atoms with Gasteiger partial charge in [-0.15, -0.1) is 0 Å². The number of benzene rings is 1. The van der Waals surface area contributed by atoms with Crippen molar-refractivity contribution in [1.82, 2.24) is 0 Å². The summed E-state index contributed by atoms with van der Waals surface area (Å²) in [5.74, 6) is 0.770. The van der Waals surface area contributed by atoms with E-state index in [1.54, 1.807) is 19.3 Å². The third kappa shape index (κ3) is 3.71. The molecule has 0 radical (unpaired) electrons. The Morgan fingerprint density at radius 1 is 1.13 bits per heavy atom. The number of nitrogens with zero attached hydrogens (tertiary/aromatic N) is 2. The molecule has 0 spiro atoms. The summed E-state index contributed by atoms with van der Waals surface area (Å²) in [6.45, 7) is 0. The van der Waals surface area contributed by atoms with Crippen LogP contribution < -0.4 is 4.74 Å². The van der Waals surface area contributed by atoms with E-state index >= 15 is 0 Å². The van der Waals surface area contributed by atoms with Crippen LogP contribution in [0.4, 0.5) is 0 Å². The summed E-state index contributed by atoms with van der Waals surface area (Å²) >= 11 is 0. The van der Waals surface area contributed by atoms with E-state index in [1.807, 2.05) is 30.3 Å². The van der Waals surface area contributed by atoms with E-state index in [4.69, 9.17) is 9.47 Å². The maximum atomic E-state index is 10.7. The van der Waals surface area contributed by atoms with Crippen LogP contribution in [0.2, 0.25) is 0 Å². The molecule has 0 fully saturated rings. The lowest BCUT2D eigenvalue weighted by atomic mass is 9.91. The Balaban J connectivity index is 2.34. The molecule has 1 aliphatic rings. The van der Waals surface area contributed by atoms with Crippen molar-refractivity contribution in [2.45, 2.75) is 18.2 Å². The first-order chi connectivity index (χ1) is 11.2. The SMILES string of the molecule is COc1ccc(CC2=CC(N=C=O)(N=C=O)C(OC)C=C2)cc1. The average Bonchev–Trinajstić information content (AvgIpc) is 2.56. The molecule has 118 valence electrons. The zero-order valence-corrected chi connectivity index (χ0v) is 12.9. The van der Waals surface area contributed by atoms with Gasteiger partial charge < -0.3 is 9.47 Å². The Kier molecular flexibility index (Phi) is 5.39. The second kappa shape index (κ2) is 7.47. The summed E-state index contributed by atoms with van der Waals surface area (Å²) in [6, 6.07) is 7.59. The quantitative estimate of drug-likeness (QED) is 0.595. The highest BCUT2D eigenvalue weighted by Crippen LogP contribution is 2.30. The molecule has 23 heavy (non-hydrogen) atoms. The number of hydrogen-bond acceptors (Lipinski definition) is 6. The molecule has 0 saturated carbocycles. The second-order valence-electron chi connectivity index (χ2n) is 4.95. The summed E-state index contributed by atoms with van der Waals surface area (Å²) in [5, 5.41) is 0. The minimum Gasteiger partial charge on any atom is -0.497 e. The first-order valence-electron chi connectivity index (χ1n) is 6.91. The van der Waals surface area contributed by atoms with E-state index in [-0.39, 0.29) is 0 Å². The lowest BCUT2D eigenvalue weighted by Gasteiger charge is -2.29. The van der Waals surface area contributed by atoms with Gasteiger partial charge in [0.1, 0.15) is 11.9 Å². The fourth-order valence-electron chi connectivity index (χ4n) is 2.46. The van der Waals surface area contributed by atoms with Crippen molar-refractivity contribution < 1.29 is 19.1 Å². The number of hydrogen-bond donors (Lipinski definition) is 0. The molecule has 2 rings (SSSR count). The normalized spacial score (nSPS) is 22.5. The van der Waals surface area contributed by atoms with E-state index in [2.05, 4.69) is 9.98 Å². The molecule has 1 aromatic carbocycles. The molecule has 0 saturated heterocycles. The highest BCUT2D eigenvalue weighted by Gasteiger charge is 2.38. The van der Waals surface area contributed by atoms with Crippen LogP contribution in [0.5, 0.6) is 5.75 Å². The van der Waals surface area contributed by atoms with Gasteiger partial charge in [-0.25, -0.2) is 9.59 Å². The maximum absolute atomic E-state index is 10.7. The number of carbonyl (C=O) groups excluding carboxylic acids is 2.